The monoisotopic (exact) mass is 294 g/mol. The molecule has 2 heterocycles. The van der Waals surface area contributed by atoms with Gasteiger partial charge in [-0.1, -0.05) is 0 Å². The van der Waals surface area contributed by atoms with Crippen molar-refractivity contribution < 1.29 is 14.3 Å². The third-order valence-electron chi connectivity index (χ3n) is 3.49. The third-order valence-corrected chi connectivity index (χ3v) is 3.49. The number of ether oxygens (including phenoxy) is 2. The molecular formula is C16H26N2O3. The fraction of sp³-hybridized carbons (Fsp3) is 0.688. The summed E-state index contributed by atoms with van der Waals surface area (Å²) in [5, 5.41) is 0. The van der Waals surface area contributed by atoms with E-state index in [-0.39, 0.29) is 18.3 Å². The number of hydrogen-bond donors (Lipinski definition) is 1. The molecule has 5 heteroatoms. The summed E-state index contributed by atoms with van der Waals surface area (Å²) in [5.41, 5.74) is 0.604. The van der Waals surface area contributed by atoms with Crippen molar-refractivity contribution in [3.8, 4) is 0 Å². The second-order valence-electron chi connectivity index (χ2n) is 6.59. The fourth-order valence-electron chi connectivity index (χ4n) is 2.50. The van der Waals surface area contributed by atoms with Crippen molar-refractivity contribution in [2.45, 2.75) is 58.3 Å². The first-order valence-electron chi connectivity index (χ1n) is 7.62. The second kappa shape index (κ2) is 6.52. The predicted molar refractivity (Wildman–Crippen MR) is 81.1 cm³/mol. The standard InChI is InChI=1S/C16H26N2O3/c1-12(14-8-5-9-17-14)20-13-7-6-10-18(11-13)15(19)21-16(2,3)4/h5,8-9,12-13,17H,6-7,10-11H2,1-4H3. The number of nitrogens with zero attached hydrogens (tertiary/aromatic N) is 1. The van der Waals surface area contributed by atoms with Gasteiger partial charge in [0.15, 0.2) is 0 Å². The third kappa shape index (κ3) is 4.77. The van der Waals surface area contributed by atoms with E-state index in [1.807, 2.05) is 46.0 Å². The van der Waals surface area contributed by atoms with Crippen molar-refractivity contribution in [2.75, 3.05) is 13.1 Å². The number of H-pyrrole nitrogens is 1. The lowest BCUT2D eigenvalue weighted by Gasteiger charge is -2.35. The lowest BCUT2D eigenvalue weighted by molar-refractivity contribution is -0.0495. The van der Waals surface area contributed by atoms with Crippen LogP contribution in [0.1, 0.15) is 52.3 Å². The SMILES string of the molecule is CC(OC1CCCN(C(=O)OC(C)(C)C)C1)c1ccc[nH]1. The number of likely N-dealkylation sites (tertiary alicyclic amines) is 1. The molecule has 1 aliphatic rings. The van der Waals surface area contributed by atoms with Crippen molar-refractivity contribution in [3.63, 3.8) is 0 Å². The van der Waals surface area contributed by atoms with Crippen molar-refractivity contribution in [1.29, 1.82) is 0 Å². The summed E-state index contributed by atoms with van der Waals surface area (Å²) in [5.74, 6) is 0. The molecule has 5 nitrogen and oxygen atoms in total. The minimum atomic E-state index is -0.456. The molecular weight excluding hydrogens is 268 g/mol. The Hall–Kier alpha value is -1.49. The second-order valence-corrected chi connectivity index (χ2v) is 6.59. The van der Waals surface area contributed by atoms with Crippen LogP contribution in [0.25, 0.3) is 0 Å². The predicted octanol–water partition coefficient (Wildman–Crippen LogP) is 3.49. The molecule has 1 N–H and O–H groups in total. The maximum Gasteiger partial charge on any atom is 0.410 e. The zero-order valence-electron chi connectivity index (χ0n) is 13.4. The normalized spacial score (nSPS) is 21.1. The minimum absolute atomic E-state index is 0.00332. The topological polar surface area (TPSA) is 54.6 Å². The van der Waals surface area contributed by atoms with Gasteiger partial charge in [-0.05, 0) is 52.7 Å². The smallest absolute Gasteiger partial charge is 0.410 e. The quantitative estimate of drug-likeness (QED) is 0.928. The van der Waals surface area contributed by atoms with Crippen LogP contribution < -0.4 is 0 Å². The van der Waals surface area contributed by atoms with E-state index in [0.29, 0.717) is 6.54 Å². The summed E-state index contributed by atoms with van der Waals surface area (Å²) in [4.78, 5) is 17.0. The van der Waals surface area contributed by atoms with Crippen molar-refractivity contribution in [1.82, 2.24) is 9.88 Å². The van der Waals surface area contributed by atoms with E-state index in [0.717, 1.165) is 25.1 Å². The van der Waals surface area contributed by atoms with Gasteiger partial charge in [-0.15, -0.1) is 0 Å². The highest BCUT2D eigenvalue weighted by molar-refractivity contribution is 5.68. The van der Waals surface area contributed by atoms with Gasteiger partial charge in [0.2, 0.25) is 0 Å². The van der Waals surface area contributed by atoms with Crippen LogP contribution in [0.4, 0.5) is 4.79 Å². The molecule has 0 aromatic carbocycles. The zero-order chi connectivity index (χ0) is 15.5. The van der Waals surface area contributed by atoms with Crippen molar-refractivity contribution >= 4 is 6.09 Å². The Morgan fingerprint density at radius 2 is 2.24 bits per heavy atom. The highest BCUT2D eigenvalue weighted by atomic mass is 16.6. The molecule has 0 aliphatic carbocycles. The summed E-state index contributed by atoms with van der Waals surface area (Å²) in [6.07, 6.45) is 3.63. The van der Waals surface area contributed by atoms with Gasteiger partial charge in [0.25, 0.3) is 0 Å². The van der Waals surface area contributed by atoms with E-state index < -0.39 is 5.60 Å². The Bertz CT molecular complexity index is 451. The highest BCUT2D eigenvalue weighted by Crippen LogP contribution is 2.23. The first kappa shape index (κ1) is 15.9. The molecule has 1 aliphatic heterocycles. The molecule has 1 saturated heterocycles. The van der Waals surface area contributed by atoms with E-state index in [1.54, 1.807) is 4.90 Å². The molecule has 0 spiro atoms. The van der Waals surface area contributed by atoms with Crippen LogP contribution in [0.2, 0.25) is 0 Å². The van der Waals surface area contributed by atoms with E-state index in [4.69, 9.17) is 9.47 Å². The van der Waals surface area contributed by atoms with Gasteiger partial charge >= 0.3 is 6.09 Å². The summed E-state index contributed by atoms with van der Waals surface area (Å²) in [7, 11) is 0. The maximum absolute atomic E-state index is 12.1. The van der Waals surface area contributed by atoms with E-state index in [1.165, 1.54) is 0 Å². The number of rotatable bonds is 3. The Labute approximate surface area is 126 Å². The average Bonchev–Trinajstić information content (AvgIpc) is 2.91. The molecule has 21 heavy (non-hydrogen) atoms. The van der Waals surface area contributed by atoms with Gasteiger partial charge in [0, 0.05) is 18.4 Å². The van der Waals surface area contributed by atoms with Gasteiger partial charge in [-0.2, -0.15) is 0 Å². The van der Waals surface area contributed by atoms with E-state index in [9.17, 15) is 4.79 Å². The molecule has 1 aromatic heterocycles. The molecule has 0 radical (unpaired) electrons. The van der Waals surface area contributed by atoms with Gasteiger partial charge in [0.05, 0.1) is 18.8 Å². The number of nitrogens with one attached hydrogen (secondary N) is 1. The van der Waals surface area contributed by atoms with E-state index >= 15 is 0 Å². The Kier molecular flexibility index (Phi) is 4.93. The molecule has 0 saturated carbocycles. The number of carbonyl (C=O) groups excluding carboxylic acids is 1. The number of aromatic nitrogens is 1. The van der Waals surface area contributed by atoms with Crippen LogP contribution >= 0.6 is 0 Å². The molecule has 2 rings (SSSR count). The number of carbonyl (C=O) groups is 1. The Morgan fingerprint density at radius 1 is 1.48 bits per heavy atom. The first-order valence-corrected chi connectivity index (χ1v) is 7.62. The first-order chi connectivity index (χ1) is 9.85. The van der Waals surface area contributed by atoms with Crippen LogP contribution in [-0.2, 0) is 9.47 Å². The minimum Gasteiger partial charge on any atom is -0.444 e. The maximum atomic E-state index is 12.1. The molecule has 1 aromatic rings. The molecule has 0 bridgehead atoms. The van der Waals surface area contributed by atoms with Crippen LogP contribution in [0.5, 0.6) is 0 Å². The number of amides is 1. The Morgan fingerprint density at radius 3 is 2.86 bits per heavy atom. The fourth-order valence-corrected chi connectivity index (χ4v) is 2.50. The summed E-state index contributed by atoms with van der Waals surface area (Å²) >= 11 is 0. The summed E-state index contributed by atoms with van der Waals surface area (Å²) < 4.78 is 11.5. The summed E-state index contributed by atoms with van der Waals surface area (Å²) in [6.45, 7) is 9.02. The Balaban J connectivity index is 1.87. The largest absolute Gasteiger partial charge is 0.444 e. The average molecular weight is 294 g/mol. The molecule has 118 valence electrons. The van der Waals surface area contributed by atoms with Gasteiger partial charge < -0.3 is 19.4 Å². The van der Waals surface area contributed by atoms with Crippen molar-refractivity contribution in [2.24, 2.45) is 0 Å². The number of piperidine rings is 1. The van der Waals surface area contributed by atoms with Crippen LogP contribution in [0.3, 0.4) is 0 Å². The van der Waals surface area contributed by atoms with Gasteiger partial charge in [-0.3, -0.25) is 0 Å². The lowest BCUT2D eigenvalue weighted by Crippen LogP contribution is -2.45. The zero-order valence-corrected chi connectivity index (χ0v) is 13.4. The molecule has 2 atom stereocenters. The highest BCUT2D eigenvalue weighted by Gasteiger charge is 2.29. The summed E-state index contributed by atoms with van der Waals surface area (Å²) in [6, 6.07) is 3.97. The van der Waals surface area contributed by atoms with Crippen LogP contribution in [0.15, 0.2) is 18.3 Å². The molecule has 1 fully saturated rings. The van der Waals surface area contributed by atoms with Crippen molar-refractivity contribution in [3.05, 3.63) is 24.0 Å². The van der Waals surface area contributed by atoms with Crippen LogP contribution in [0, 0.1) is 0 Å². The lowest BCUT2D eigenvalue weighted by atomic mass is 10.1. The molecule has 2 unspecified atom stereocenters. The molecule has 1 amide bonds. The van der Waals surface area contributed by atoms with E-state index in [2.05, 4.69) is 4.98 Å². The van der Waals surface area contributed by atoms with Gasteiger partial charge in [-0.25, -0.2) is 4.79 Å². The number of aromatic amines is 1. The van der Waals surface area contributed by atoms with Gasteiger partial charge in [0.1, 0.15) is 5.60 Å². The number of hydrogen-bond acceptors (Lipinski definition) is 3. The van der Waals surface area contributed by atoms with Crippen LogP contribution in [-0.4, -0.2) is 40.8 Å².